The van der Waals surface area contributed by atoms with Crippen molar-refractivity contribution in [1.29, 1.82) is 0 Å². The van der Waals surface area contributed by atoms with Gasteiger partial charge in [-0.05, 0) is 32.6 Å². The maximum Gasteiger partial charge on any atom is 0.236 e. The van der Waals surface area contributed by atoms with E-state index in [0.717, 1.165) is 62.5 Å². The Kier molecular flexibility index (Phi) is 7.92. The number of carbonyl (C=O) groups is 2. The highest BCUT2D eigenvalue weighted by molar-refractivity contribution is 5.80. The molecule has 7 heteroatoms. The quantitative estimate of drug-likeness (QED) is 0.712. The monoisotopic (exact) mass is 417 g/mol. The molecular formula is C23H39N5O2. The molecule has 3 rings (SSSR count). The highest BCUT2D eigenvalue weighted by Crippen LogP contribution is 2.17. The maximum absolute atomic E-state index is 12.9. The van der Waals surface area contributed by atoms with Crippen LogP contribution in [-0.4, -0.2) is 82.1 Å². The Bertz CT molecular complexity index is 726. The molecule has 168 valence electrons. The van der Waals surface area contributed by atoms with E-state index in [1.807, 2.05) is 21.4 Å². The fourth-order valence-electron chi connectivity index (χ4n) is 4.54. The summed E-state index contributed by atoms with van der Waals surface area (Å²) in [6.45, 7) is 14.5. The van der Waals surface area contributed by atoms with E-state index in [1.165, 1.54) is 12.8 Å². The van der Waals surface area contributed by atoms with Gasteiger partial charge in [0.25, 0.3) is 0 Å². The highest BCUT2D eigenvalue weighted by atomic mass is 16.2. The van der Waals surface area contributed by atoms with Gasteiger partial charge in [0, 0.05) is 57.1 Å². The summed E-state index contributed by atoms with van der Waals surface area (Å²) in [5, 5.41) is 4.64. The van der Waals surface area contributed by atoms with Gasteiger partial charge in [0.15, 0.2) is 0 Å². The number of carbonyl (C=O) groups excluding carboxylic acids is 2. The third kappa shape index (κ3) is 5.84. The van der Waals surface area contributed by atoms with Crippen molar-refractivity contribution in [2.24, 2.45) is 5.92 Å². The summed E-state index contributed by atoms with van der Waals surface area (Å²) >= 11 is 0. The zero-order chi connectivity index (χ0) is 21.7. The van der Waals surface area contributed by atoms with Crippen molar-refractivity contribution >= 4 is 11.8 Å². The van der Waals surface area contributed by atoms with Crippen LogP contribution in [0.1, 0.15) is 56.5 Å². The molecule has 30 heavy (non-hydrogen) atoms. The summed E-state index contributed by atoms with van der Waals surface area (Å²) < 4.78 is 2.04. The lowest BCUT2D eigenvalue weighted by molar-refractivity contribution is -0.134. The molecule has 2 aliphatic heterocycles. The molecular weight excluding hydrogens is 378 g/mol. The number of likely N-dealkylation sites (tertiary alicyclic amines) is 1. The number of hydrogen-bond acceptors (Lipinski definition) is 4. The summed E-state index contributed by atoms with van der Waals surface area (Å²) in [5.74, 6) is 0.945. The Hall–Kier alpha value is -1.89. The standard InChI is InChI=1S/C23H39N5O2/c1-18(2)16-28-20(4)21(19(3)24-28)15-22(29)27-13-11-25(12-14-27)17-23(30)26-9-7-5-6-8-10-26/h18H,5-17H2,1-4H3. The van der Waals surface area contributed by atoms with Crippen molar-refractivity contribution in [3.63, 3.8) is 0 Å². The zero-order valence-electron chi connectivity index (χ0n) is 19.3. The average molecular weight is 418 g/mol. The zero-order valence-corrected chi connectivity index (χ0v) is 19.3. The van der Waals surface area contributed by atoms with E-state index in [4.69, 9.17) is 0 Å². The van der Waals surface area contributed by atoms with Gasteiger partial charge in [-0.2, -0.15) is 5.10 Å². The third-order valence-corrected chi connectivity index (χ3v) is 6.44. The smallest absolute Gasteiger partial charge is 0.236 e. The van der Waals surface area contributed by atoms with Crippen LogP contribution in [0.2, 0.25) is 0 Å². The molecule has 1 aromatic heterocycles. The number of hydrogen-bond donors (Lipinski definition) is 0. The first-order chi connectivity index (χ1) is 14.3. The first-order valence-corrected chi connectivity index (χ1v) is 11.7. The van der Waals surface area contributed by atoms with Crippen LogP contribution in [0.5, 0.6) is 0 Å². The molecule has 0 saturated carbocycles. The molecule has 0 N–H and O–H groups in total. The third-order valence-electron chi connectivity index (χ3n) is 6.44. The summed E-state index contributed by atoms with van der Waals surface area (Å²) in [4.78, 5) is 31.7. The van der Waals surface area contributed by atoms with Crippen molar-refractivity contribution < 1.29 is 9.59 Å². The molecule has 0 radical (unpaired) electrons. The van der Waals surface area contributed by atoms with Crippen LogP contribution in [0.15, 0.2) is 0 Å². The van der Waals surface area contributed by atoms with Gasteiger partial charge < -0.3 is 9.80 Å². The average Bonchev–Trinajstić information content (AvgIpc) is 2.91. The lowest BCUT2D eigenvalue weighted by Gasteiger charge is -2.35. The number of nitrogens with zero attached hydrogens (tertiary/aromatic N) is 5. The fourth-order valence-corrected chi connectivity index (χ4v) is 4.54. The predicted molar refractivity (Wildman–Crippen MR) is 118 cm³/mol. The van der Waals surface area contributed by atoms with Gasteiger partial charge in [-0.15, -0.1) is 0 Å². The van der Waals surface area contributed by atoms with Crippen LogP contribution in [0.4, 0.5) is 0 Å². The van der Waals surface area contributed by atoms with Crippen LogP contribution in [0, 0.1) is 19.8 Å². The summed E-state index contributed by atoms with van der Waals surface area (Å²) in [6, 6.07) is 0. The van der Waals surface area contributed by atoms with Gasteiger partial charge in [-0.1, -0.05) is 26.7 Å². The molecule has 1 aromatic rings. The van der Waals surface area contributed by atoms with Gasteiger partial charge in [0.05, 0.1) is 18.7 Å². The molecule has 2 amide bonds. The molecule has 0 bridgehead atoms. The molecule has 2 aliphatic rings. The molecule has 2 fully saturated rings. The summed E-state index contributed by atoms with van der Waals surface area (Å²) in [5.41, 5.74) is 3.14. The van der Waals surface area contributed by atoms with Gasteiger partial charge in [-0.25, -0.2) is 0 Å². The van der Waals surface area contributed by atoms with E-state index in [9.17, 15) is 9.59 Å². The Labute approximate surface area is 181 Å². The predicted octanol–water partition coefficient (Wildman–Crippen LogP) is 2.25. The second kappa shape index (κ2) is 10.4. The van der Waals surface area contributed by atoms with Gasteiger partial charge >= 0.3 is 0 Å². The van der Waals surface area contributed by atoms with Gasteiger partial charge in [0.1, 0.15) is 0 Å². The molecule has 0 atom stereocenters. The molecule has 3 heterocycles. The van der Waals surface area contributed by atoms with Gasteiger partial charge in [-0.3, -0.25) is 19.2 Å². The van der Waals surface area contributed by atoms with Crippen LogP contribution >= 0.6 is 0 Å². The summed E-state index contributed by atoms with van der Waals surface area (Å²) in [6.07, 6.45) is 5.14. The minimum atomic E-state index is 0.170. The molecule has 2 saturated heterocycles. The second-order valence-electron chi connectivity index (χ2n) is 9.35. The first-order valence-electron chi connectivity index (χ1n) is 11.7. The lowest BCUT2D eigenvalue weighted by Crippen LogP contribution is -2.52. The lowest BCUT2D eigenvalue weighted by atomic mass is 10.1. The number of aromatic nitrogens is 2. The highest BCUT2D eigenvalue weighted by Gasteiger charge is 2.26. The Morgan fingerprint density at radius 1 is 0.867 bits per heavy atom. The topological polar surface area (TPSA) is 61.7 Å². The van der Waals surface area contributed by atoms with Crippen molar-refractivity contribution in [2.75, 3.05) is 45.8 Å². The Balaban J connectivity index is 1.48. The molecule has 0 aliphatic carbocycles. The molecule has 0 spiro atoms. The van der Waals surface area contributed by atoms with Crippen LogP contribution in [0.3, 0.4) is 0 Å². The van der Waals surface area contributed by atoms with E-state index in [1.54, 1.807) is 0 Å². The Morgan fingerprint density at radius 2 is 1.47 bits per heavy atom. The SMILES string of the molecule is Cc1nn(CC(C)C)c(C)c1CC(=O)N1CCN(CC(=O)N2CCCCCC2)CC1. The first kappa shape index (κ1) is 22.8. The van der Waals surface area contributed by atoms with Crippen LogP contribution < -0.4 is 0 Å². The minimum Gasteiger partial charge on any atom is -0.342 e. The van der Waals surface area contributed by atoms with Crippen molar-refractivity contribution in [2.45, 2.75) is 66.3 Å². The normalized spacial score (nSPS) is 18.7. The molecule has 0 unspecified atom stereocenters. The number of rotatable bonds is 6. The van der Waals surface area contributed by atoms with Crippen LogP contribution in [-0.2, 0) is 22.6 Å². The van der Waals surface area contributed by atoms with E-state index >= 15 is 0 Å². The fraction of sp³-hybridized carbons (Fsp3) is 0.783. The minimum absolute atomic E-state index is 0.170. The number of piperazine rings is 1. The summed E-state index contributed by atoms with van der Waals surface area (Å²) in [7, 11) is 0. The molecule has 0 aromatic carbocycles. The van der Waals surface area contributed by atoms with E-state index < -0.39 is 0 Å². The maximum atomic E-state index is 12.9. The number of aryl methyl sites for hydroxylation is 1. The molecule has 7 nitrogen and oxygen atoms in total. The van der Waals surface area contributed by atoms with Crippen molar-refractivity contribution in [1.82, 2.24) is 24.5 Å². The van der Waals surface area contributed by atoms with E-state index in [2.05, 4.69) is 30.8 Å². The van der Waals surface area contributed by atoms with E-state index in [0.29, 0.717) is 32.0 Å². The largest absolute Gasteiger partial charge is 0.342 e. The van der Waals surface area contributed by atoms with Crippen molar-refractivity contribution in [3.05, 3.63) is 17.0 Å². The second-order valence-corrected chi connectivity index (χ2v) is 9.35. The Morgan fingerprint density at radius 3 is 2.07 bits per heavy atom. The number of amides is 2. The van der Waals surface area contributed by atoms with E-state index in [-0.39, 0.29) is 11.8 Å². The van der Waals surface area contributed by atoms with Crippen LogP contribution in [0.25, 0.3) is 0 Å². The van der Waals surface area contributed by atoms with Crippen molar-refractivity contribution in [3.8, 4) is 0 Å². The van der Waals surface area contributed by atoms with Gasteiger partial charge in [0.2, 0.25) is 11.8 Å².